The van der Waals surface area contributed by atoms with Gasteiger partial charge in [-0.25, -0.2) is 4.79 Å². The zero-order chi connectivity index (χ0) is 16.2. The number of nitrogens with one attached hydrogen (secondary N) is 1. The molecule has 4 N–H and O–H groups in total. The Hall–Kier alpha value is -2.65. The summed E-state index contributed by atoms with van der Waals surface area (Å²) < 4.78 is 36.9. The van der Waals surface area contributed by atoms with Crippen molar-refractivity contribution in [3.8, 4) is 0 Å². The van der Waals surface area contributed by atoms with E-state index in [2.05, 4.69) is 4.98 Å². The van der Waals surface area contributed by atoms with Crippen molar-refractivity contribution in [2.45, 2.75) is 18.6 Å². The Bertz CT molecular complexity index is 557. The van der Waals surface area contributed by atoms with Gasteiger partial charge in [-0.05, 0) is 12.1 Å². The van der Waals surface area contributed by atoms with Gasteiger partial charge in [-0.15, -0.1) is 0 Å². The van der Waals surface area contributed by atoms with Crippen molar-refractivity contribution in [1.29, 1.82) is 0 Å². The second kappa shape index (κ2) is 6.20. The summed E-state index contributed by atoms with van der Waals surface area (Å²) in [6.45, 7) is 0. The van der Waals surface area contributed by atoms with E-state index < -0.39 is 47.7 Å². The number of aliphatic carboxylic acids is 1. The van der Waals surface area contributed by atoms with E-state index in [1.165, 1.54) is 0 Å². The Labute approximate surface area is 116 Å². The van der Waals surface area contributed by atoms with Crippen LogP contribution in [0.3, 0.4) is 0 Å². The molecule has 7 nitrogen and oxygen atoms in total. The summed E-state index contributed by atoms with van der Waals surface area (Å²) in [6, 6.07) is -0.160. The van der Waals surface area contributed by atoms with Gasteiger partial charge in [0.25, 0.3) is 5.91 Å². The fourth-order valence-electron chi connectivity index (χ4n) is 1.33. The SMILES string of the molecule is NC(=O)CC(NC(=O)c1ccc(C(F)(F)F)cn1)C(=O)O. The highest BCUT2D eigenvalue weighted by Crippen LogP contribution is 2.28. The number of hydrogen-bond donors (Lipinski definition) is 3. The van der Waals surface area contributed by atoms with E-state index in [0.717, 1.165) is 6.07 Å². The third-order valence-electron chi connectivity index (χ3n) is 2.33. The zero-order valence-electron chi connectivity index (χ0n) is 10.3. The van der Waals surface area contributed by atoms with Crippen molar-refractivity contribution in [2.75, 3.05) is 0 Å². The van der Waals surface area contributed by atoms with Gasteiger partial charge in [0, 0.05) is 6.20 Å². The number of halogens is 3. The second-order valence-corrected chi connectivity index (χ2v) is 3.96. The molecule has 0 saturated carbocycles. The lowest BCUT2D eigenvalue weighted by molar-refractivity contribution is -0.141. The average Bonchev–Trinajstić information content (AvgIpc) is 2.36. The van der Waals surface area contributed by atoms with Crippen LogP contribution in [0.25, 0.3) is 0 Å². The molecule has 0 aliphatic carbocycles. The molecule has 21 heavy (non-hydrogen) atoms. The van der Waals surface area contributed by atoms with Gasteiger partial charge >= 0.3 is 12.1 Å². The Balaban J connectivity index is 2.83. The van der Waals surface area contributed by atoms with Crippen molar-refractivity contribution in [3.63, 3.8) is 0 Å². The van der Waals surface area contributed by atoms with Gasteiger partial charge in [-0.3, -0.25) is 14.6 Å². The number of nitrogens with zero attached hydrogens (tertiary/aromatic N) is 1. The molecule has 1 unspecified atom stereocenters. The molecule has 0 aliphatic rings. The maximum atomic E-state index is 12.3. The number of carboxylic acids is 1. The van der Waals surface area contributed by atoms with Crippen molar-refractivity contribution < 1.29 is 32.7 Å². The summed E-state index contributed by atoms with van der Waals surface area (Å²) in [5.41, 5.74) is 3.35. The number of primary amides is 1. The molecule has 0 aromatic carbocycles. The van der Waals surface area contributed by atoms with Crippen LogP contribution in [0.5, 0.6) is 0 Å². The van der Waals surface area contributed by atoms with Crippen molar-refractivity contribution in [1.82, 2.24) is 10.3 Å². The van der Waals surface area contributed by atoms with Crippen molar-refractivity contribution in [3.05, 3.63) is 29.6 Å². The number of hydrogen-bond acceptors (Lipinski definition) is 4. The fraction of sp³-hybridized carbons (Fsp3) is 0.273. The maximum absolute atomic E-state index is 12.3. The summed E-state index contributed by atoms with van der Waals surface area (Å²) in [4.78, 5) is 36.4. The van der Waals surface area contributed by atoms with Crippen LogP contribution in [-0.4, -0.2) is 33.9 Å². The first kappa shape index (κ1) is 16.4. The van der Waals surface area contributed by atoms with Gasteiger partial charge in [0.15, 0.2) is 0 Å². The van der Waals surface area contributed by atoms with Gasteiger partial charge in [0.2, 0.25) is 5.91 Å². The molecular weight excluding hydrogens is 295 g/mol. The van der Waals surface area contributed by atoms with Crippen LogP contribution in [0.4, 0.5) is 13.2 Å². The van der Waals surface area contributed by atoms with Crippen LogP contribution in [0.2, 0.25) is 0 Å². The normalized spacial score (nSPS) is 12.5. The molecule has 0 aliphatic heterocycles. The number of nitrogens with two attached hydrogens (primary N) is 1. The van der Waals surface area contributed by atoms with E-state index in [-0.39, 0.29) is 0 Å². The summed E-state index contributed by atoms with van der Waals surface area (Å²) in [6.07, 6.45) is -4.81. The predicted octanol–water partition coefficient (Wildman–Crippen LogP) is 0.159. The molecule has 10 heteroatoms. The lowest BCUT2D eigenvalue weighted by atomic mass is 10.2. The topological polar surface area (TPSA) is 122 Å². The minimum Gasteiger partial charge on any atom is -0.480 e. The molecule has 0 radical (unpaired) electrons. The lowest BCUT2D eigenvalue weighted by Crippen LogP contribution is -2.43. The van der Waals surface area contributed by atoms with Gasteiger partial charge in [-0.2, -0.15) is 13.2 Å². The summed E-state index contributed by atoms with van der Waals surface area (Å²) in [5, 5.41) is 10.7. The summed E-state index contributed by atoms with van der Waals surface area (Å²) in [7, 11) is 0. The molecule has 114 valence electrons. The van der Waals surface area contributed by atoms with Crippen LogP contribution >= 0.6 is 0 Å². The Morgan fingerprint density at radius 1 is 1.33 bits per heavy atom. The van der Waals surface area contributed by atoms with Crippen LogP contribution in [-0.2, 0) is 15.8 Å². The second-order valence-electron chi connectivity index (χ2n) is 3.96. The average molecular weight is 305 g/mol. The summed E-state index contributed by atoms with van der Waals surface area (Å²) in [5.74, 6) is -3.49. The number of pyridine rings is 1. The highest BCUT2D eigenvalue weighted by Gasteiger charge is 2.31. The molecule has 0 bridgehead atoms. The number of aromatic nitrogens is 1. The van der Waals surface area contributed by atoms with Crippen LogP contribution < -0.4 is 11.1 Å². The number of carbonyl (C=O) groups is 3. The fourth-order valence-corrected chi connectivity index (χ4v) is 1.33. The zero-order valence-corrected chi connectivity index (χ0v) is 10.3. The molecule has 0 fully saturated rings. The third kappa shape index (κ3) is 4.75. The molecule has 2 amide bonds. The van der Waals surface area contributed by atoms with E-state index >= 15 is 0 Å². The van der Waals surface area contributed by atoms with Crippen LogP contribution in [0.15, 0.2) is 18.3 Å². The van der Waals surface area contributed by atoms with E-state index in [1.807, 2.05) is 5.32 Å². The molecule has 1 heterocycles. The standard InChI is InChI=1S/C11H10F3N3O4/c12-11(13,14)5-1-2-6(16-4-5)9(19)17-7(10(20)21)3-8(15)18/h1-2,4,7H,3H2,(H2,15,18)(H,17,19)(H,20,21). The molecule has 1 atom stereocenters. The lowest BCUT2D eigenvalue weighted by Gasteiger charge is -2.12. The number of amides is 2. The molecule has 0 spiro atoms. The predicted molar refractivity (Wildman–Crippen MR) is 61.9 cm³/mol. The highest BCUT2D eigenvalue weighted by molar-refractivity contribution is 5.96. The Kier molecular flexibility index (Phi) is 4.84. The first-order chi connectivity index (χ1) is 9.61. The summed E-state index contributed by atoms with van der Waals surface area (Å²) >= 11 is 0. The number of carbonyl (C=O) groups excluding carboxylic acids is 2. The molecule has 1 rings (SSSR count). The molecule has 1 aromatic heterocycles. The first-order valence-electron chi connectivity index (χ1n) is 5.46. The minimum absolute atomic E-state index is 0.418. The van der Waals surface area contributed by atoms with Crippen molar-refractivity contribution >= 4 is 17.8 Å². The minimum atomic E-state index is -4.60. The van der Waals surface area contributed by atoms with Crippen molar-refractivity contribution in [2.24, 2.45) is 5.73 Å². The third-order valence-corrected chi connectivity index (χ3v) is 2.33. The van der Waals surface area contributed by atoms with E-state index in [9.17, 15) is 27.6 Å². The molecular formula is C11H10F3N3O4. The number of rotatable bonds is 5. The maximum Gasteiger partial charge on any atom is 0.417 e. The highest BCUT2D eigenvalue weighted by atomic mass is 19.4. The smallest absolute Gasteiger partial charge is 0.417 e. The van der Waals surface area contributed by atoms with Gasteiger partial charge < -0.3 is 16.2 Å². The quantitative estimate of drug-likeness (QED) is 0.715. The van der Waals surface area contributed by atoms with E-state index in [1.54, 1.807) is 0 Å². The van der Waals surface area contributed by atoms with E-state index in [4.69, 9.17) is 10.8 Å². The van der Waals surface area contributed by atoms with Gasteiger partial charge in [0.1, 0.15) is 11.7 Å². The van der Waals surface area contributed by atoms with Gasteiger partial charge in [0.05, 0.1) is 12.0 Å². The van der Waals surface area contributed by atoms with E-state index in [0.29, 0.717) is 12.3 Å². The first-order valence-corrected chi connectivity index (χ1v) is 5.46. The monoisotopic (exact) mass is 305 g/mol. The largest absolute Gasteiger partial charge is 0.480 e. The number of carboxylic acid groups (broad SMARTS) is 1. The number of alkyl halides is 3. The molecule has 1 aromatic rings. The van der Waals surface area contributed by atoms with Gasteiger partial charge in [-0.1, -0.05) is 0 Å². The van der Waals surface area contributed by atoms with Crippen LogP contribution in [0.1, 0.15) is 22.5 Å². The van der Waals surface area contributed by atoms with Crippen LogP contribution in [0, 0.1) is 0 Å². The Morgan fingerprint density at radius 2 is 1.95 bits per heavy atom. The molecule has 0 saturated heterocycles. The Morgan fingerprint density at radius 3 is 2.33 bits per heavy atom.